The lowest BCUT2D eigenvalue weighted by Crippen LogP contribution is -1.93. The minimum Gasteiger partial charge on any atom is -0.469 e. The van der Waals surface area contributed by atoms with Crippen molar-refractivity contribution in [1.82, 2.24) is 0 Å². The first kappa shape index (κ1) is 8.38. The quantitative estimate of drug-likeness (QED) is 0.632. The number of furan rings is 1. The lowest BCUT2D eigenvalue weighted by molar-refractivity contribution is 0.479. The molecule has 0 amide bonds. The van der Waals surface area contributed by atoms with E-state index in [1.54, 1.807) is 6.26 Å². The molecule has 11 heavy (non-hydrogen) atoms. The van der Waals surface area contributed by atoms with Gasteiger partial charge in [-0.3, -0.25) is 0 Å². The van der Waals surface area contributed by atoms with Gasteiger partial charge >= 0.3 is 0 Å². The van der Waals surface area contributed by atoms with Gasteiger partial charge in [0.15, 0.2) is 0 Å². The van der Waals surface area contributed by atoms with Crippen molar-refractivity contribution in [3.05, 3.63) is 23.7 Å². The molecule has 1 heteroatoms. The van der Waals surface area contributed by atoms with E-state index in [4.69, 9.17) is 4.42 Å². The van der Waals surface area contributed by atoms with E-state index in [-0.39, 0.29) is 0 Å². The van der Waals surface area contributed by atoms with Crippen molar-refractivity contribution in [2.75, 3.05) is 0 Å². The summed E-state index contributed by atoms with van der Waals surface area (Å²) in [6.07, 6.45) is 1.78. The summed E-state index contributed by atoms with van der Waals surface area (Å²) in [7, 11) is 0. The summed E-state index contributed by atoms with van der Waals surface area (Å²) in [6.45, 7) is 8.70. The van der Waals surface area contributed by atoms with Gasteiger partial charge in [-0.15, -0.1) is 0 Å². The summed E-state index contributed by atoms with van der Waals surface area (Å²) < 4.78 is 5.39. The Morgan fingerprint density at radius 3 is 2.09 bits per heavy atom. The topological polar surface area (TPSA) is 13.1 Å². The summed E-state index contributed by atoms with van der Waals surface area (Å²) in [5, 5.41) is 0. The fourth-order valence-electron chi connectivity index (χ4n) is 1.28. The summed E-state index contributed by atoms with van der Waals surface area (Å²) in [6, 6.07) is 2.07. The van der Waals surface area contributed by atoms with Gasteiger partial charge in [-0.05, 0) is 17.5 Å². The first-order valence-corrected chi connectivity index (χ1v) is 4.20. The van der Waals surface area contributed by atoms with Crippen LogP contribution in [0.2, 0.25) is 0 Å². The molecule has 1 aromatic heterocycles. The lowest BCUT2D eigenvalue weighted by atomic mass is 9.99. The molecule has 0 bridgehead atoms. The molecule has 0 saturated carbocycles. The van der Waals surface area contributed by atoms with Gasteiger partial charge < -0.3 is 4.42 Å². The molecule has 0 N–H and O–H groups in total. The van der Waals surface area contributed by atoms with Crippen LogP contribution in [-0.2, 0) is 0 Å². The molecule has 1 nitrogen and oxygen atoms in total. The molecule has 0 aliphatic rings. The van der Waals surface area contributed by atoms with Crippen LogP contribution < -0.4 is 0 Å². The van der Waals surface area contributed by atoms with Gasteiger partial charge in [-0.25, -0.2) is 0 Å². The average molecular weight is 152 g/mol. The zero-order valence-electron chi connectivity index (χ0n) is 7.72. The maximum Gasteiger partial charge on any atom is 0.109 e. The normalized spacial score (nSPS) is 11.5. The maximum absolute atomic E-state index is 5.39. The second-order valence-electron chi connectivity index (χ2n) is 3.55. The monoisotopic (exact) mass is 152 g/mol. The zero-order valence-corrected chi connectivity index (χ0v) is 7.72. The van der Waals surface area contributed by atoms with Crippen LogP contribution in [0.5, 0.6) is 0 Å². The predicted octanol–water partition coefficient (Wildman–Crippen LogP) is 3.53. The van der Waals surface area contributed by atoms with Crippen LogP contribution in [0.1, 0.15) is 50.9 Å². The van der Waals surface area contributed by atoms with E-state index < -0.39 is 0 Å². The molecule has 0 radical (unpaired) electrons. The van der Waals surface area contributed by atoms with Gasteiger partial charge in [0.1, 0.15) is 5.76 Å². The highest BCUT2D eigenvalue weighted by atomic mass is 16.3. The van der Waals surface area contributed by atoms with Crippen molar-refractivity contribution in [3.63, 3.8) is 0 Å². The van der Waals surface area contributed by atoms with Crippen molar-refractivity contribution in [2.24, 2.45) is 0 Å². The number of rotatable bonds is 2. The van der Waals surface area contributed by atoms with E-state index in [2.05, 4.69) is 33.8 Å². The molecule has 0 fully saturated rings. The van der Waals surface area contributed by atoms with Gasteiger partial charge in [0.25, 0.3) is 0 Å². The summed E-state index contributed by atoms with van der Waals surface area (Å²) in [4.78, 5) is 0. The van der Waals surface area contributed by atoms with E-state index in [1.165, 1.54) is 5.56 Å². The Morgan fingerprint density at radius 1 is 1.09 bits per heavy atom. The third-order valence-corrected chi connectivity index (χ3v) is 1.87. The highest BCUT2D eigenvalue weighted by Crippen LogP contribution is 2.26. The van der Waals surface area contributed by atoms with Crippen LogP contribution in [0.3, 0.4) is 0 Å². The standard InChI is InChI=1S/C10H16O/c1-7(2)9-5-6-11-10(9)8(3)4/h5-8H,1-4H3. The van der Waals surface area contributed by atoms with Crippen LogP contribution in [0.4, 0.5) is 0 Å². The van der Waals surface area contributed by atoms with Gasteiger partial charge in [-0.1, -0.05) is 27.7 Å². The molecule has 1 aromatic rings. The molecule has 0 saturated heterocycles. The Balaban J connectivity index is 2.96. The summed E-state index contributed by atoms with van der Waals surface area (Å²) in [5.41, 5.74) is 1.35. The van der Waals surface area contributed by atoms with Crippen LogP contribution in [0.15, 0.2) is 16.7 Å². The lowest BCUT2D eigenvalue weighted by Gasteiger charge is -2.07. The maximum atomic E-state index is 5.39. The molecule has 0 atom stereocenters. The average Bonchev–Trinajstić information content (AvgIpc) is 2.32. The Labute approximate surface area is 68.4 Å². The Morgan fingerprint density at radius 2 is 1.73 bits per heavy atom. The second-order valence-corrected chi connectivity index (χ2v) is 3.55. The molecule has 0 unspecified atom stereocenters. The third kappa shape index (κ3) is 1.65. The second kappa shape index (κ2) is 3.12. The third-order valence-electron chi connectivity index (χ3n) is 1.87. The molecule has 1 heterocycles. The van der Waals surface area contributed by atoms with Crippen LogP contribution in [-0.4, -0.2) is 0 Å². The first-order valence-electron chi connectivity index (χ1n) is 4.20. The van der Waals surface area contributed by atoms with Crippen molar-refractivity contribution >= 4 is 0 Å². The molecule has 62 valence electrons. The minimum absolute atomic E-state index is 0.502. The van der Waals surface area contributed by atoms with Crippen LogP contribution in [0.25, 0.3) is 0 Å². The molecule has 0 aliphatic carbocycles. The number of hydrogen-bond acceptors (Lipinski definition) is 1. The van der Waals surface area contributed by atoms with E-state index in [1.807, 2.05) is 0 Å². The first-order chi connectivity index (χ1) is 5.13. The molecule has 0 aromatic carbocycles. The molecule has 0 aliphatic heterocycles. The predicted molar refractivity (Wildman–Crippen MR) is 46.9 cm³/mol. The molecule has 0 spiro atoms. The minimum atomic E-state index is 0.502. The van der Waals surface area contributed by atoms with Gasteiger partial charge in [-0.2, -0.15) is 0 Å². The highest BCUT2D eigenvalue weighted by molar-refractivity contribution is 5.22. The Kier molecular flexibility index (Phi) is 2.38. The molecular formula is C10H16O. The van der Waals surface area contributed by atoms with E-state index in [0.29, 0.717) is 11.8 Å². The Hall–Kier alpha value is -0.720. The molecular weight excluding hydrogens is 136 g/mol. The largest absolute Gasteiger partial charge is 0.469 e. The van der Waals surface area contributed by atoms with Crippen LogP contribution >= 0.6 is 0 Å². The van der Waals surface area contributed by atoms with Crippen LogP contribution in [0, 0.1) is 0 Å². The van der Waals surface area contributed by atoms with E-state index in [0.717, 1.165) is 5.76 Å². The van der Waals surface area contributed by atoms with Crippen molar-refractivity contribution in [3.8, 4) is 0 Å². The molecule has 1 rings (SSSR count). The SMILES string of the molecule is CC(C)c1ccoc1C(C)C. The van der Waals surface area contributed by atoms with Crippen molar-refractivity contribution in [2.45, 2.75) is 39.5 Å². The van der Waals surface area contributed by atoms with Gasteiger partial charge in [0.2, 0.25) is 0 Å². The van der Waals surface area contributed by atoms with Crippen molar-refractivity contribution < 1.29 is 4.42 Å². The fourth-order valence-corrected chi connectivity index (χ4v) is 1.28. The van der Waals surface area contributed by atoms with E-state index in [9.17, 15) is 0 Å². The number of hydrogen-bond donors (Lipinski definition) is 0. The van der Waals surface area contributed by atoms with E-state index >= 15 is 0 Å². The summed E-state index contributed by atoms with van der Waals surface area (Å²) in [5.74, 6) is 2.22. The smallest absolute Gasteiger partial charge is 0.109 e. The van der Waals surface area contributed by atoms with Gasteiger partial charge in [0, 0.05) is 5.92 Å². The highest BCUT2D eigenvalue weighted by Gasteiger charge is 2.12. The Bertz CT molecular complexity index is 198. The zero-order chi connectivity index (χ0) is 8.43. The summed E-state index contributed by atoms with van der Waals surface area (Å²) >= 11 is 0. The fraction of sp³-hybridized carbons (Fsp3) is 0.600. The van der Waals surface area contributed by atoms with Crippen molar-refractivity contribution in [1.29, 1.82) is 0 Å². The van der Waals surface area contributed by atoms with Gasteiger partial charge in [0.05, 0.1) is 6.26 Å².